The van der Waals surface area contributed by atoms with Crippen LogP contribution < -0.4 is 15.2 Å². The summed E-state index contributed by atoms with van der Waals surface area (Å²) in [6.45, 7) is 1.94. The highest BCUT2D eigenvalue weighted by molar-refractivity contribution is 7.98. The Hall–Kier alpha value is -1.36. The van der Waals surface area contributed by atoms with Crippen molar-refractivity contribution in [3.8, 4) is 5.75 Å². The van der Waals surface area contributed by atoms with Gasteiger partial charge in [-0.3, -0.25) is 4.72 Å². The molecule has 0 aliphatic carbocycles. The maximum absolute atomic E-state index is 10.5. The zero-order valence-corrected chi connectivity index (χ0v) is 8.85. The normalized spacial score (nSPS) is 9.57. The summed E-state index contributed by atoms with van der Waals surface area (Å²) >= 11 is 1.19. The summed E-state index contributed by atoms with van der Waals surface area (Å²) < 4.78 is 7.51. The third-order valence-electron chi connectivity index (χ3n) is 1.64. The van der Waals surface area contributed by atoms with Crippen molar-refractivity contribution in [1.82, 2.24) is 4.72 Å². The van der Waals surface area contributed by atoms with E-state index in [4.69, 9.17) is 10.5 Å². The topological polar surface area (TPSA) is 64.3 Å². The number of nitrogens with one attached hydrogen (secondary N) is 1. The fourth-order valence-corrected chi connectivity index (χ4v) is 1.54. The molecule has 76 valence electrons. The number of carbonyl (C=O) groups excluding carboxylic acids is 1. The van der Waals surface area contributed by atoms with Crippen molar-refractivity contribution in [2.24, 2.45) is 5.73 Å². The molecule has 1 rings (SSSR count). The maximum atomic E-state index is 10.5. The van der Waals surface area contributed by atoms with Gasteiger partial charge in [-0.25, -0.2) is 4.79 Å². The van der Waals surface area contributed by atoms with E-state index in [0.29, 0.717) is 0 Å². The Morgan fingerprint density at radius 3 is 2.79 bits per heavy atom. The van der Waals surface area contributed by atoms with Crippen LogP contribution in [0.2, 0.25) is 0 Å². The van der Waals surface area contributed by atoms with Crippen LogP contribution in [-0.2, 0) is 0 Å². The van der Waals surface area contributed by atoms with Crippen LogP contribution in [0.15, 0.2) is 23.1 Å². The molecule has 2 amide bonds. The van der Waals surface area contributed by atoms with Crippen LogP contribution in [0.3, 0.4) is 0 Å². The van der Waals surface area contributed by atoms with Gasteiger partial charge >= 0.3 is 6.03 Å². The fraction of sp³-hybridized carbons (Fsp3) is 0.222. The molecule has 0 saturated heterocycles. The second-order valence-electron chi connectivity index (χ2n) is 2.70. The molecule has 4 nitrogen and oxygen atoms in total. The molecule has 0 fully saturated rings. The van der Waals surface area contributed by atoms with Crippen molar-refractivity contribution in [2.75, 3.05) is 7.11 Å². The average molecular weight is 212 g/mol. The molecule has 0 aliphatic rings. The van der Waals surface area contributed by atoms with Crippen molar-refractivity contribution >= 4 is 18.0 Å². The molecule has 5 heteroatoms. The molecule has 0 saturated carbocycles. The Morgan fingerprint density at radius 2 is 2.29 bits per heavy atom. The number of carbonyl (C=O) groups is 1. The Morgan fingerprint density at radius 1 is 1.57 bits per heavy atom. The second-order valence-corrected chi connectivity index (χ2v) is 3.55. The highest BCUT2D eigenvalue weighted by Crippen LogP contribution is 2.23. The lowest BCUT2D eigenvalue weighted by molar-refractivity contribution is 0.254. The number of nitrogens with two attached hydrogens (primary N) is 1. The van der Waals surface area contributed by atoms with Gasteiger partial charge < -0.3 is 10.5 Å². The van der Waals surface area contributed by atoms with Gasteiger partial charge in [-0.05, 0) is 42.6 Å². The summed E-state index contributed by atoms with van der Waals surface area (Å²) in [5.74, 6) is 0.797. The number of urea groups is 1. The molecule has 0 unspecified atom stereocenters. The number of primary amides is 1. The molecule has 0 atom stereocenters. The minimum absolute atomic E-state index is 0.551. The summed E-state index contributed by atoms with van der Waals surface area (Å²) in [4.78, 5) is 11.4. The van der Waals surface area contributed by atoms with Crippen LogP contribution in [0.4, 0.5) is 4.79 Å². The number of amides is 2. The number of aryl methyl sites for hydroxylation is 1. The number of rotatable bonds is 3. The molecule has 14 heavy (non-hydrogen) atoms. The van der Waals surface area contributed by atoms with E-state index in [2.05, 4.69) is 4.72 Å². The van der Waals surface area contributed by atoms with E-state index in [0.717, 1.165) is 16.2 Å². The lowest BCUT2D eigenvalue weighted by atomic mass is 10.2. The Balaban J connectivity index is 2.73. The second kappa shape index (κ2) is 4.76. The SMILES string of the molecule is COc1ccc(SNC(N)=O)c(C)c1. The first kappa shape index (κ1) is 10.7. The van der Waals surface area contributed by atoms with Gasteiger partial charge in [-0.15, -0.1) is 0 Å². The van der Waals surface area contributed by atoms with E-state index in [1.165, 1.54) is 11.9 Å². The van der Waals surface area contributed by atoms with Crippen LogP contribution in [-0.4, -0.2) is 13.1 Å². The standard InChI is InChI=1S/C9H12N2O2S/c1-6-5-7(13-2)3-4-8(6)14-11-9(10)12/h3-5H,1-2H3,(H3,10,11,12). The molecular formula is C9H12N2O2S. The molecule has 0 aromatic heterocycles. The minimum Gasteiger partial charge on any atom is -0.497 e. The van der Waals surface area contributed by atoms with Gasteiger partial charge in [0, 0.05) is 4.90 Å². The third-order valence-corrected chi connectivity index (χ3v) is 2.62. The van der Waals surface area contributed by atoms with Crippen molar-refractivity contribution < 1.29 is 9.53 Å². The third kappa shape index (κ3) is 2.85. The Bertz CT molecular complexity index is 342. The van der Waals surface area contributed by atoms with Gasteiger partial charge in [0.25, 0.3) is 0 Å². The van der Waals surface area contributed by atoms with Crippen molar-refractivity contribution in [1.29, 1.82) is 0 Å². The van der Waals surface area contributed by atoms with Gasteiger partial charge in [-0.1, -0.05) is 0 Å². The summed E-state index contributed by atoms with van der Waals surface area (Å²) in [7, 11) is 1.61. The van der Waals surface area contributed by atoms with Crippen molar-refractivity contribution in [2.45, 2.75) is 11.8 Å². The smallest absolute Gasteiger partial charge is 0.322 e. The van der Waals surface area contributed by atoms with E-state index < -0.39 is 6.03 Å². The predicted molar refractivity (Wildman–Crippen MR) is 56.3 cm³/mol. The van der Waals surface area contributed by atoms with E-state index in [1.807, 2.05) is 25.1 Å². The molecule has 0 bridgehead atoms. The van der Waals surface area contributed by atoms with Crippen LogP contribution in [0.5, 0.6) is 5.75 Å². The first-order chi connectivity index (χ1) is 6.63. The van der Waals surface area contributed by atoms with E-state index in [-0.39, 0.29) is 0 Å². The van der Waals surface area contributed by atoms with Gasteiger partial charge in [0.15, 0.2) is 0 Å². The van der Waals surface area contributed by atoms with Crippen molar-refractivity contribution in [3.63, 3.8) is 0 Å². The number of hydrogen-bond acceptors (Lipinski definition) is 3. The zero-order valence-electron chi connectivity index (χ0n) is 8.03. The number of methoxy groups -OCH3 is 1. The lowest BCUT2D eigenvalue weighted by Gasteiger charge is -2.06. The van der Waals surface area contributed by atoms with Crippen LogP contribution in [0.25, 0.3) is 0 Å². The zero-order chi connectivity index (χ0) is 10.6. The number of hydrogen-bond donors (Lipinski definition) is 2. The lowest BCUT2D eigenvalue weighted by Crippen LogP contribution is -2.22. The van der Waals surface area contributed by atoms with E-state index in [9.17, 15) is 4.79 Å². The monoisotopic (exact) mass is 212 g/mol. The largest absolute Gasteiger partial charge is 0.497 e. The summed E-state index contributed by atoms with van der Waals surface area (Å²) in [5.41, 5.74) is 5.98. The van der Waals surface area contributed by atoms with Crippen LogP contribution >= 0.6 is 11.9 Å². The van der Waals surface area contributed by atoms with Crippen LogP contribution in [0.1, 0.15) is 5.56 Å². The average Bonchev–Trinajstić information content (AvgIpc) is 2.15. The van der Waals surface area contributed by atoms with Gasteiger partial charge in [0.1, 0.15) is 5.75 Å². The molecule has 0 spiro atoms. The molecule has 0 heterocycles. The number of benzene rings is 1. The molecular weight excluding hydrogens is 200 g/mol. The summed E-state index contributed by atoms with van der Waals surface area (Å²) in [6.07, 6.45) is 0. The molecule has 3 N–H and O–H groups in total. The summed E-state index contributed by atoms with van der Waals surface area (Å²) in [5, 5.41) is 0. The quantitative estimate of drug-likeness (QED) is 0.749. The highest BCUT2D eigenvalue weighted by Gasteiger charge is 2.01. The van der Waals surface area contributed by atoms with E-state index >= 15 is 0 Å². The molecule has 0 aliphatic heterocycles. The van der Waals surface area contributed by atoms with Gasteiger partial charge in [-0.2, -0.15) is 0 Å². The summed E-state index contributed by atoms with van der Waals surface area (Å²) in [6, 6.07) is 5.04. The molecule has 1 aromatic rings. The fourth-order valence-electron chi connectivity index (χ4n) is 0.969. The predicted octanol–water partition coefficient (Wildman–Crippen LogP) is 1.68. The maximum Gasteiger partial charge on any atom is 0.322 e. The first-order valence-electron chi connectivity index (χ1n) is 4.00. The highest BCUT2D eigenvalue weighted by atomic mass is 32.2. The number of ether oxygens (including phenoxy) is 1. The molecule has 1 aromatic carbocycles. The Labute approximate surface area is 86.9 Å². The van der Waals surface area contributed by atoms with Gasteiger partial charge in [0.2, 0.25) is 0 Å². The minimum atomic E-state index is -0.551. The van der Waals surface area contributed by atoms with Crippen molar-refractivity contribution in [3.05, 3.63) is 23.8 Å². The van der Waals surface area contributed by atoms with Crippen LogP contribution in [0, 0.1) is 6.92 Å². The Kier molecular flexibility index (Phi) is 3.64. The van der Waals surface area contributed by atoms with E-state index in [1.54, 1.807) is 7.11 Å². The first-order valence-corrected chi connectivity index (χ1v) is 4.82. The molecule has 0 radical (unpaired) electrons. The van der Waals surface area contributed by atoms with Gasteiger partial charge in [0.05, 0.1) is 7.11 Å².